The van der Waals surface area contributed by atoms with Gasteiger partial charge in [0.15, 0.2) is 11.6 Å². The zero-order valence-corrected chi connectivity index (χ0v) is 17.5. The molecular formula is C24H22ClFN2O2. The zero-order chi connectivity index (χ0) is 21.3. The van der Waals surface area contributed by atoms with Crippen molar-refractivity contribution in [3.8, 4) is 23.4 Å². The van der Waals surface area contributed by atoms with E-state index in [1.165, 1.54) is 24.3 Å². The van der Waals surface area contributed by atoms with Crippen molar-refractivity contribution in [2.24, 2.45) is 0 Å². The molecule has 1 heterocycles. The quantitative estimate of drug-likeness (QED) is 0.368. The van der Waals surface area contributed by atoms with Gasteiger partial charge >= 0.3 is 0 Å². The average molecular weight is 425 g/mol. The molecule has 0 unspecified atom stereocenters. The maximum Gasteiger partial charge on any atom is 0.217 e. The van der Waals surface area contributed by atoms with Crippen LogP contribution in [0.25, 0.3) is 0 Å². The van der Waals surface area contributed by atoms with E-state index >= 15 is 4.39 Å². The van der Waals surface area contributed by atoms with Crippen LogP contribution < -0.4 is 9.47 Å². The Kier molecular flexibility index (Phi) is 7.64. The molecule has 0 radical (unpaired) electrons. The molecule has 4 nitrogen and oxygen atoms in total. The maximum absolute atomic E-state index is 15.2. The number of hydrogen-bond donors (Lipinski definition) is 0. The Morgan fingerprint density at radius 1 is 1.10 bits per heavy atom. The van der Waals surface area contributed by atoms with E-state index in [0.29, 0.717) is 35.9 Å². The summed E-state index contributed by atoms with van der Waals surface area (Å²) in [6.07, 6.45) is 2.88. The first-order valence-corrected chi connectivity index (χ1v) is 10.2. The molecule has 0 fully saturated rings. The molecule has 154 valence electrons. The van der Waals surface area contributed by atoms with Gasteiger partial charge in [-0.3, -0.25) is 0 Å². The molecule has 0 saturated carbocycles. The summed E-state index contributed by atoms with van der Waals surface area (Å²) in [7, 11) is 0. The summed E-state index contributed by atoms with van der Waals surface area (Å²) in [4.78, 5) is 4.36. The number of ether oxygens (including phenoxy) is 2. The molecule has 3 aromatic rings. The second kappa shape index (κ2) is 10.6. The van der Waals surface area contributed by atoms with Gasteiger partial charge in [-0.2, -0.15) is 5.26 Å². The van der Waals surface area contributed by atoms with Crippen molar-refractivity contribution in [2.75, 3.05) is 6.61 Å². The Hall–Kier alpha value is -3.10. The van der Waals surface area contributed by atoms with Gasteiger partial charge < -0.3 is 9.47 Å². The zero-order valence-electron chi connectivity index (χ0n) is 16.7. The van der Waals surface area contributed by atoms with Crippen LogP contribution in [0.4, 0.5) is 4.39 Å². The Morgan fingerprint density at radius 2 is 1.90 bits per heavy atom. The molecule has 0 N–H and O–H groups in total. The van der Waals surface area contributed by atoms with Gasteiger partial charge in [0.2, 0.25) is 5.88 Å². The number of unbranched alkanes of at least 4 members (excludes halogenated alkanes) is 1. The van der Waals surface area contributed by atoms with Crippen LogP contribution in [-0.4, -0.2) is 11.6 Å². The van der Waals surface area contributed by atoms with Gasteiger partial charge in [0.05, 0.1) is 23.9 Å². The molecule has 3 rings (SSSR count). The number of nitrogens with zero attached hydrogens (tertiary/aromatic N) is 2. The van der Waals surface area contributed by atoms with Gasteiger partial charge in [-0.25, -0.2) is 9.37 Å². The van der Waals surface area contributed by atoms with E-state index < -0.39 is 5.82 Å². The molecule has 0 saturated heterocycles. The third kappa shape index (κ3) is 5.95. The van der Waals surface area contributed by atoms with Crippen molar-refractivity contribution in [1.29, 1.82) is 5.26 Å². The lowest BCUT2D eigenvalue weighted by atomic mass is 10.1. The Balaban J connectivity index is 1.89. The highest BCUT2D eigenvalue weighted by Gasteiger charge is 2.16. The number of aromatic nitrogens is 1. The summed E-state index contributed by atoms with van der Waals surface area (Å²) in [6, 6.07) is 17.8. The number of rotatable bonds is 9. The first-order valence-electron chi connectivity index (χ1n) is 9.83. The van der Waals surface area contributed by atoms with Crippen LogP contribution in [0.3, 0.4) is 0 Å². The van der Waals surface area contributed by atoms with E-state index in [2.05, 4.69) is 11.9 Å². The van der Waals surface area contributed by atoms with Crippen LogP contribution in [0.1, 0.15) is 36.6 Å². The molecule has 1 aromatic heterocycles. The van der Waals surface area contributed by atoms with Crippen molar-refractivity contribution in [3.63, 3.8) is 0 Å². The molecular weight excluding hydrogens is 403 g/mol. The molecule has 0 aliphatic rings. The molecule has 0 atom stereocenters. The fourth-order valence-electron chi connectivity index (χ4n) is 2.89. The molecule has 0 aliphatic carbocycles. The maximum atomic E-state index is 15.2. The lowest BCUT2D eigenvalue weighted by Gasteiger charge is -2.13. The molecule has 2 aromatic carbocycles. The van der Waals surface area contributed by atoms with Gasteiger partial charge in [-0.1, -0.05) is 55.3 Å². The van der Waals surface area contributed by atoms with Gasteiger partial charge in [0.25, 0.3) is 0 Å². The second-order valence-electron chi connectivity index (χ2n) is 6.80. The van der Waals surface area contributed by atoms with Crippen LogP contribution in [0.5, 0.6) is 17.4 Å². The first kappa shape index (κ1) is 21.6. The number of benzene rings is 2. The summed E-state index contributed by atoms with van der Waals surface area (Å²) >= 11 is 6.04. The highest BCUT2D eigenvalue weighted by atomic mass is 35.5. The Labute approximate surface area is 180 Å². The van der Waals surface area contributed by atoms with Gasteiger partial charge in [-0.05, 0) is 43.0 Å². The van der Waals surface area contributed by atoms with Crippen molar-refractivity contribution in [1.82, 2.24) is 4.98 Å². The van der Waals surface area contributed by atoms with Gasteiger partial charge in [0.1, 0.15) is 5.75 Å². The van der Waals surface area contributed by atoms with Crippen LogP contribution in [0, 0.1) is 17.1 Å². The van der Waals surface area contributed by atoms with E-state index in [1.807, 2.05) is 36.4 Å². The summed E-state index contributed by atoms with van der Waals surface area (Å²) < 4.78 is 26.6. The third-order valence-electron chi connectivity index (χ3n) is 4.44. The fourth-order valence-corrected chi connectivity index (χ4v) is 3.11. The molecule has 0 aliphatic heterocycles. The van der Waals surface area contributed by atoms with Crippen LogP contribution in [-0.2, 0) is 12.8 Å². The molecule has 6 heteroatoms. The number of halogens is 2. The number of pyridine rings is 1. The van der Waals surface area contributed by atoms with E-state index in [4.69, 9.17) is 26.3 Å². The predicted molar refractivity (Wildman–Crippen MR) is 115 cm³/mol. The minimum Gasteiger partial charge on any atom is -0.478 e. The van der Waals surface area contributed by atoms with E-state index in [9.17, 15) is 0 Å². The van der Waals surface area contributed by atoms with Crippen molar-refractivity contribution < 1.29 is 13.9 Å². The molecule has 0 bridgehead atoms. The molecule has 30 heavy (non-hydrogen) atoms. The third-order valence-corrected chi connectivity index (χ3v) is 4.66. The van der Waals surface area contributed by atoms with Crippen molar-refractivity contribution in [2.45, 2.75) is 32.6 Å². The van der Waals surface area contributed by atoms with E-state index in [1.54, 1.807) is 0 Å². The van der Waals surface area contributed by atoms with E-state index in [-0.39, 0.29) is 17.2 Å². The molecule has 0 spiro atoms. The smallest absolute Gasteiger partial charge is 0.217 e. The summed E-state index contributed by atoms with van der Waals surface area (Å²) in [5, 5.41) is 9.46. The minimum atomic E-state index is -0.549. The number of nitriles is 1. The van der Waals surface area contributed by atoms with Crippen molar-refractivity contribution in [3.05, 3.63) is 82.3 Å². The first-order chi connectivity index (χ1) is 14.6. The lowest BCUT2D eigenvalue weighted by molar-refractivity contribution is 0.293. The highest BCUT2D eigenvalue weighted by molar-refractivity contribution is 6.30. The Morgan fingerprint density at radius 3 is 2.63 bits per heavy atom. The van der Waals surface area contributed by atoms with Crippen LogP contribution in [0.15, 0.2) is 54.6 Å². The largest absolute Gasteiger partial charge is 0.478 e. The summed E-state index contributed by atoms with van der Waals surface area (Å²) in [5.74, 6) is 0.0288. The van der Waals surface area contributed by atoms with Crippen LogP contribution >= 0.6 is 11.6 Å². The number of aryl methyl sites for hydroxylation is 2. The fraction of sp³-hybridized carbons (Fsp3) is 0.250. The topological polar surface area (TPSA) is 55.1 Å². The highest BCUT2D eigenvalue weighted by Crippen LogP contribution is 2.32. The van der Waals surface area contributed by atoms with Crippen LogP contribution in [0.2, 0.25) is 5.02 Å². The Bertz CT molecular complexity index is 1040. The second-order valence-corrected chi connectivity index (χ2v) is 7.23. The minimum absolute atomic E-state index is 0.00860. The molecule has 0 amide bonds. The summed E-state index contributed by atoms with van der Waals surface area (Å²) in [5.41, 5.74) is 1.69. The average Bonchev–Trinajstić information content (AvgIpc) is 2.75. The monoisotopic (exact) mass is 424 g/mol. The normalized spacial score (nSPS) is 10.5. The van der Waals surface area contributed by atoms with E-state index in [0.717, 1.165) is 18.4 Å². The number of hydrogen-bond acceptors (Lipinski definition) is 4. The standard InChI is InChI=1S/C24H22ClFN2O2/c1-2-3-11-29-23-15-22(30-20-13-18(16-27)12-19(25)14-20)24(26)21(28-23)10-9-17-7-5-4-6-8-17/h4-8,12-15H,2-3,9-11H2,1H3. The van der Waals surface area contributed by atoms with Crippen molar-refractivity contribution >= 4 is 11.6 Å². The lowest BCUT2D eigenvalue weighted by Crippen LogP contribution is -2.05. The van der Waals surface area contributed by atoms with Gasteiger partial charge in [0, 0.05) is 11.1 Å². The predicted octanol–water partition coefficient (Wildman–Crippen LogP) is 6.50. The SMILES string of the molecule is CCCCOc1cc(Oc2cc(Cl)cc(C#N)c2)c(F)c(CCc2ccccc2)n1. The summed E-state index contributed by atoms with van der Waals surface area (Å²) in [6.45, 7) is 2.55. The van der Waals surface area contributed by atoms with Gasteiger partial charge in [-0.15, -0.1) is 0 Å².